The van der Waals surface area contributed by atoms with Crippen LogP contribution in [0.1, 0.15) is 20.7 Å². The van der Waals surface area contributed by atoms with Crippen LogP contribution in [0, 0.1) is 0 Å². The van der Waals surface area contributed by atoms with Gasteiger partial charge in [-0.2, -0.15) is 8.42 Å². The van der Waals surface area contributed by atoms with Crippen LogP contribution in [0.3, 0.4) is 0 Å². The maximum absolute atomic E-state index is 10.8. The molecule has 0 aromatic heterocycles. The molecular formula is C8H8O7SSr. The van der Waals surface area contributed by atoms with Crippen LogP contribution in [0.15, 0.2) is 23.1 Å². The van der Waals surface area contributed by atoms with Gasteiger partial charge in [0.2, 0.25) is 0 Å². The second-order valence-electron chi connectivity index (χ2n) is 2.80. The van der Waals surface area contributed by atoms with E-state index in [-0.39, 0.29) is 45.5 Å². The summed E-state index contributed by atoms with van der Waals surface area (Å²) >= 11 is 0. The Morgan fingerprint density at radius 1 is 1.06 bits per heavy atom. The third kappa shape index (κ3) is 4.05. The van der Waals surface area contributed by atoms with Crippen LogP contribution in [0.25, 0.3) is 0 Å². The third-order valence-electron chi connectivity index (χ3n) is 1.74. The van der Waals surface area contributed by atoms with Gasteiger partial charge in [0.05, 0.1) is 11.1 Å². The van der Waals surface area contributed by atoms with Crippen LogP contribution >= 0.6 is 0 Å². The Balaban J connectivity index is 0.00000256. The van der Waals surface area contributed by atoms with Gasteiger partial charge >= 0.3 is 57.4 Å². The second kappa shape index (κ2) is 5.94. The number of hydrogen-bond acceptors (Lipinski definition) is 4. The van der Waals surface area contributed by atoms with E-state index in [0.717, 1.165) is 12.1 Å². The van der Waals surface area contributed by atoms with E-state index in [1.165, 1.54) is 0 Å². The minimum atomic E-state index is -4.78. The maximum atomic E-state index is 10.8. The molecule has 0 radical (unpaired) electrons. The van der Waals surface area contributed by atoms with Crippen LogP contribution < -0.4 is 0 Å². The molecule has 0 aliphatic rings. The van der Waals surface area contributed by atoms with Crippen molar-refractivity contribution in [2.24, 2.45) is 0 Å². The van der Waals surface area contributed by atoms with Crippen LogP contribution in [0.5, 0.6) is 0 Å². The molecule has 0 amide bonds. The van der Waals surface area contributed by atoms with Gasteiger partial charge in [-0.3, -0.25) is 4.55 Å². The van der Waals surface area contributed by atoms with Gasteiger partial charge < -0.3 is 10.2 Å². The first-order valence-corrected chi connectivity index (χ1v) is 5.25. The Morgan fingerprint density at radius 3 is 1.94 bits per heavy atom. The van der Waals surface area contributed by atoms with Gasteiger partial charge in [-0.1, -0.05) is 0 Å². The molecule has 1 aromatic carbocycles. The molecule has 0 bridgehead atoms. The van der Waals surface area contributed by atoms with Crippen molar-refractivity contribution < 1.29 is 32.8 Å². The second-order valence-corrected chi connectivity index (χ2v) is 4.19. The molecule has 7 nitrogen and oxygen atoms in total. The summed E-state index contributed by atoms with van der Waals surface area (Å²) < 4.78 is 30.4. The van der Waals surface area contributed by atoms with E-state index in [4.69, 9.17) is 14.8 Å². The van der Waals surface area contributed by atoms with Gasteiger partial charge in [0, 0.05) is 0 Å². The van der Waals surface area contributed by atoms with Crippen LogP contribution in [-0.2, 0) is 10.1 Å². The minimum absolute atomic E-state index is 0. The summed E-state index contributed by atoms with van der Waals surface area (Å²) in [5.41, 5.74) is -1.12. The molecule has 1 aromatic rings. The summed E-state index contributed by atoms with van der Waals surface area (Å²) in [5.74, 6) is -3.01. The van der Waals surface area contributed by atoms with E-state index in [0.29, 0.717) is 6.07 Å². The van der Waals surface area contributed by atoms with Gasteiger partial charge in [0.25, 0.3) is 10.1 Å². The van der Waals surface area contributed by atoms with Gasteiger partial charge in [-0.05, 0) is 18.2 Å². The monoisotopic (exact) mass is 336 g/mol. The molecule has 0 saturated heterocycles. The Morgan fingerprint density at radius 2 is 1.59 bits per heavy atom. The normalized spacial score (nSPS) is 10.4. The zero-order valence-corrected chi connectivity index (χ0v) is 8.43. The molecule has 3 N–H and O–H groups in total. The topological polar surface area (TPSA) is 129 Å². The van der Waals surface area contributed by atoms with E-state index >= 15 is 0 Å². The van der Waals surface area contributed by atoms with Gasteiger partial charge in [0.1, 0.15) is 4.90 Å². The number of carboxylic acids is 2. The molecule has 9 heteroatoms. The number of hydrogen-bond donors (Lipinski definition) is 3. The molecule has 0 atom stereocenters. The molecule has 0 aliphatic carbocycles. The quantitative estimate of drug-likeness (QED) is 0.497. The molecule has 1 rings (SSSR count). The SMILES string of the molecule is O=C(O)c1ccc(C(=O)O)c(S(=O)(=O)O)c1.[SrH2]. The molecule has 0 heterocycles. The van der Waals surface area contributed by atoms with E-state index < -0.39 is 38.1 Å². The van der Waals surface area contributed by atoms with Crippen molar-refractivity contribution in [1.82, 2.24) is 0 Å². The Labute approximate surface area is 133 Å². The Bertz CT molecular complexity index is 563. The van der Waals surface area contributed by atoms with Crippen molar-refractivity contribution in [2.45, 2.75) is 4.90 Å². The molecular weight excluding hydrogens is 328 g/mol. The van der Waals surface area contributed by atoms with Crippen LogP contribution in [0.4, 0.5) is 0 Å². The molecule has 0 unspecified atom stereocenters. The van der Waals surface area contributed by atoms with E-state index in [9.17, 15) is 18.0 Å². The van der Waals surface area contributed by atoms with Crippen molar-refractivity contribution in [3.8, 4) is 0 Å². The summed E-state index contributed by atoms with van der Waals surface area (Å²) in [4.78, 5) is 20.2. The number of carbonyl (C=O) groups is 2. The van der Waals surface area contributed by atoms with Crippen LogP contribution in [-0.4, -0.2) is 80.6 Å². The molecule has 90 valence electrons. The molecule has 0 aliphatic heterocycles. The van der Waals surface area contributed by atoms with E-state index in [1.54, 1.807) is 0 Å². The Kier molecular flexibility index (Phi) is 5.78. The fourth-order valence-electron chi connectivity index (χ4n) is 1.05. The average Bonchev–Trinajstić information content (AvgIpc) is 2.15. The molecule has 0 fully saturated rings. The van der Waals surface area contributed by atoms with Gasteiger partial charge in [-0.25, -0.2) is 9.59 Å². The first kappa shape index (κ1) is 16.6. The number of benzene rings is 1. The fourth-order valence-corrected chi connectivity index (χ4v) is 1.75. The summed E-state index contributed by atoms with van der Waals surface area (Å²) in [6, 6.07) is 2.32. The standard InChI is InChI=1S/C8H6O7S.Sr.2H/c9-7(10)4-1-2-5(8(11)12)6(3-4)16(13,14)15;;;/h1-3H,(H,9,10)(H,11,12)(H,13,14,15);;;. The van der Waals surface area contributed by atoms with Crippen molar-refractivity contribution in [3.63, 3.8) is 0 Å². The summed E-state index contributed by atoms with van der Waals surface area (Å²) in [6.07, 6.45) is 0. The fraction of sp³-hybridized carbons (Fsp3) is 0. The predicted molar refractivity (Wildman–Crippen MR) is 58.7 cm³/mol. The van der Waals surface area contributed by atoms with E-state index in [1.807, 2.05) is 0 Å². The zero-order valence-electron chi connectivity index (χ0n) is 7.61. The Hall–Kier alpha value is -0.449. The number of rotatable bonds is 3. The first-order chi connectivity index (χ1) is 7.23. The predicted octanol–water partition coefficient (Wildman–Crippen LogP) is -0.586. The number of carboxylic acid groups (broad SMARTS) is 2. The molecule has 0 spiro atoms. The van der Waals surface area contributed by atoms with Crippen molar-refractivity contribution in [1.29, 1.82) is 0 Å². The van der Waals surface area contributed by atoms with Crippen molar-refractivity contribution in [2.75, 3.05) is 0 Å². The van der Waals surface area contributed by atoms with Crippen LogP contribution in [0.2, 0.25) is 0 Å². The van der Waals surface area contributed by atoms with Crippen molar-refractivity contribution >= 4 is 67.5 Å². The molecule has 17 heavy (non-hydrogen) atoms. The third-order valence-corrected chi connectivity index (χ3v) is 2.63. The summed E-state index contributed by atoms with van der Waals surface area (Å²) in [5, 5.41) is 17.2. The number of aromatic carboxylic acids is 2. The van der Waals surface area contributed by atoms with Gasteiger partial charge in [-0.15, -0.1) is 0 Å². The molecule has 0 saturated carbocycles. The van der Waals surface area contributed by atoms with Gasteiger partial charge in [0.15, 0.2) is 0 Å². The zero-order chi connectivity index (χ0) is 12.5. The van der Waals surface area contributed by atoms with E-state index in [2.05, 4.69) is 0 Å². The summed E-state index contributed by atoms with van der Waals surface area (Å²) in [6.45, 7) is 0. The first-order valence-electron chi connectivity index (χ1n) is 3.81. The average molecular weight is 336 g/mol. The van der Waals surface area contributed by atoms with Crippen molar-refractivity contribution in [3.05, 3.63) is 29.3 Å². The summed E-state index contributed by atoms with van der Waals surface area (Å²) in [7, 11) is -4.78.